The molecule has 5 nitrogen and oxygen atoms in total. The van der Waals surface area contributed by atoms with Crippen molar-refractivity contribution in [1.82, 2.24) is 15.1 Å². The molecule has 0 unspecified atom stereocenters. The molecule has 0 aromatic carbocycles. The van der Waals surface area contributed by atoms with Crippen LogP contribution in [0.25, 0.3) is 0 Å². The van der Waals surface area contributed by atoms with Gasteiger partial charge in [-0.2, -0.15) is 5.10 Å². The van der Waals surface area contributed by atoms with E-state index in [4.69, 9.17) is 0 Å². The van der Waals surface area contributed by atoms with Crippen LogP contribution in [0, 0.1) is 13.8 Å². The van der Waals surface area contributed by atoms with E-state index < -0.39 is 0 Å². The van der Waals surface area contributed by atoms with Crippen LogP contribution in [0.1, 0.15) is 34.6 Å². The number of aryl methyl sites for hydroxylation is 1. The van der Waals surface area contributed by atoms with E-state index in [1.165, 1.54) is 0 Å². The highest BCUT2D eigenvalue weighted by atomic mass is 16.2. The molecule has 0 radical (unpaired) electrons. The van der Waals surface area contributed by atoms with Crippen molar-refractivity contribution in [2.75, 3.05) is 0 Å². The van der Waals surface area contributed by atoms with Gasteiger partial charge in [-0.05, 0) is 26.7 Å². The first-order chi connectivity index (χ1) is 7.61. The van der Waals surface area contributed by atoms with Crippen molar-refractivity contribution in [2.24, 2.45) is 0 Å². The lowest BCUT2D eigenvalue weighted by Crippen LogP contribution is -2.30. The van der Waals surface area contributed by atoms with E-state index in [-0.39, 0.29) is 12.5 Å². The van der Waals surface area contributed by atoms with E-state index in [9.17, 15) is 9.59 Å². The summed E-state index contributed by atoms with van der Waals surface area (Å²) in [6.07, 6.45) is 2.93. The molecule has 16 heavy (non-hydrogen) atoms. The summed E-state index contributed by atoms with van der Waals surface area (Å²) in [6, 6.07) is 0.356. The van der Waals surface area contributed by atoms with Gasteiger partial charge in [0.05, 0.1) is 11.3 Å². The van der Waals surface area contributed by atoms with E-state index in [2.05, 4.69) is 10.4 Å². The predicted molar refractivity (Wildman–Crippen MR) is 58.3 cm³/mol. The zero-order valence-corrected chi connectivity index (χ0v) is 9.49. The topological polar surface area (TPSA) is 64.0 Å². The van der Waals surface area contributed by atoms with Crippen LogP contribution >= 0.6 is 0 Å². The number of amides is 1. The Bertz CT molecular complexity index is 433. The number of nitrogens with zero attached hydrogens (tertiary/aromatic N) is 2. The maximum absolute atomic E-state index is 11.6. The molecule has 0 saturated heterocycles. The van der Waals surface area contributed by atoms with Crippen molar-refractivity contribution in [3.05, 3.63) is 17.0 Å². The first kappa shape index (κ1) is 10.9. The summed E-state index contributed by atoms with van der Waals surface area (Å²) in [5.74, 6) is -0.0365. The molecule has 5 heteroatoms. The first-order valence-electron chi connectivity index (χ1n) is 5.40. The molecule has 0 spiro atoms. The van der Waals surface area contributed by atoms with E-state index in [0.29, 0.717) is 17.3 Å². The molecule has 1 aromatic rings. The van der Waals surface area contributed by atoms with Gasteiger partial charge in [-0.3, -0.25) is 14.3 Å². The highest BCUT2D eigenvalue weighted by molar-refractivity contribution is 5.79. The number of aldehydes is 1. The molecule has 1 aromatic heterocycles. The maximum atomic E-state index is 11.6. The van der Waals surface area contributed by atoms with Crippen molar-refractivity contribution in [3.63, 3.8) is 0 Å². The Morgan fingerprint density at radius 1 is 1.56 bits per heavy atom. The van der Waals surface area contributed by atoms with Crippen LogP contribution in [0.5, 0.6) is 0 Å². The quantitative estimate of drug-likeness (QED) is 0.757. The maximum Gasteiger partial charge on any atom is 0.241 e. The van der Waals surface area contributed by atoms with Gasteiger partial charge in [0.15, 0.2) is 6.29 Å². The summed E-state index contributed by atoms with van der Waals surface area (Å²) in [5, 5.41) is 7.06. The predicted octanol–water partition coefficient (Wildman–Crippen LogP) is 0.591. The fourth-order valence-electron chi connectivity index (χ4n) is 1.67. The highest BCUT2D eigenvalue weighted by Crippen LogP contribution is 2.18. The summed E-state index contributed by atoms with van der Waals surface area (Å²) in [4.78, 5) is 22.3. The first-order valence-corrected chi connectivity index (χ1v) is 5.40. The van der Waals surface area contributed by atoms with E-state index in [1.807, 2.05) is 0 Å². The van der Waals surface area contributed by atoms with Gasteiger partial charge in [0.25, 0.3) is 0 Å². The number of hydrogen-bond donors (Lipinski definition) is 1. The minimum atomic E-state index is -0.0365. The monoisotopic (exact) mass is 221 g/mol. The number of aromatic nitrogens is 2. The molecule has 86 valence electrons. The van der Waals surface area contributed by atoms with Crippen molar-refractivity contribution in [2.45, 2.75) is 39.3 Å². The molecule has 1 aliphatic carbocycles. The SMILES string of the molecule is Cc1nn(CC(=O)NC2CC2)c(C)c1C=O. The fourth-order valence-corrected chi connectivity index (χ4v) is 1.67. The molecule has 0 bridgehead atoms. The third-order valence-electron chi connectivity index (χ3n) is 2.79. The summed E-state index contributed by atoms with van der Waals surface area (Å²) in [6.45, 7) is 3.76. The van der Waals surface area contributed by atoms with Crippen molar-refractivity contribution in [3.8, 4) is 0 Å². The molecule has 1 N–H and O–H groups in total. The number of carbonyl (C=O) groups excluding carboxylic acids is 2. The van der Waals surface area contributed by atoms with Crippen molar-refractivity contribution < 1.29 is 9.59 Å². The van der Waals surface area contributed by atoms with Gasteiger partial charge in [-0.25, -0.2) is 0 Å². The second-order valence-electron chi connectivity index (χ2n) is 4.20. The Labute approximate surface area is 93.8 Å². The average Bonchev–Trinajstić information content (AvgIpc) is 2.96. The van der Waals surface area contributed by atoms with Gasteiger partial charge < -0.3 is 5.32 Å². The fraction of sp³-hybridized carbons (Fsp3) is 0.545. The van der Waals surface area contributed by atoms with Crippen molar-refractivity contribution >= 4 is 12.2 Å². The third kappa shape index (κ3) is 2.13. The second kappa shape index (κ2) is 4.08. The van der Waals surface area contributed by atoms with Crippen LogP contribution in [0.3, 0.4) is 0 Å². The molecular formula is C11H15N3O2. The smallest absolute Gasteiger partial charge is 0.241 e. The van der Waals surface area contributed by atoms with Gasteiger partial charge in [0, 0.05) is 11.7 Å². The summed E-state index contributed by atoms with van der Waals surface area (Å²) in [5.41, 5.74) is 2.00. The minimum absolute atomic E-state index is 0.0365. The van der Waals surface area contributed by atoms with Gasteiger partial charge in [0.2, 0.25) is 5.91 Å². The lowest BCUT2D eigenvalue weighted by Gasteiger charge is -2.05. The molecular weight excluding hydrogens is 206 g/mol. The molecule has 1 aliphatic rings. The number of rotatable bonds is 4. The number of nitrogens with one attached hydrogen (secondary N) is 1. The Morgan fingerprint density at radius 2 is 2.25 bits per heavy atom. The van der Waals surface area contributed by atoms with Crippen LogP contribution in [-0.2, 0) is 11.3 Å². The summed E-state index contributed by atoms with van der Waals surface area (Å²) < 4.78 is 1.58. The highest BCUT2D eigenvalue weighted by Gasteiger charge is 2.23. The van der Waals surface area contributed by atoms with E-state index >= 15 is 0 Å². The van der Waals surface area contributed by atoms with Crippen LogP contribution < -0.4 is 5.32 Å². The van der Waals surface area contributed by atoms with Gasteiger partial charge in [-0.15, -0.1) is 0 Å². The lowest BCUT2D eigenvalue weighted by molar-refractivity contribution is -0.122. The second-order valence-corrected chi connectivity index (χ2v) is 4.20. The third-order valence-corrected chi connectivity index (χ3v) is 2.79. The molecule has 1 fully saturated rings. The Balaban J connectivity index is 2.08. The Morgan fingerprint density at radius 3 is 2.75 bits per heavy atom. The minimum Gasteiger partial charge on any atom is -0.352 e. The van der Waals surface area contributed by atoms with Gasteiger partial charge in [-0.1, -0.05) is 0 Å². The largest absolute Gasteiger partial charge is 0.352 e. The molecule has 2 rings (SSSR count). The van der Waals surface area contributed by atoms with Crippen LogP contribution in [-0.4, -0.2) is 28.0 Å². The molecule has 0 aliphatic heterocycles. The molecule has 1 heterocycles. The number of carbonyl (C=O) groups is 2. The van der Waals surface area contributed by atoms with Crippen molar-refractivity contribution in [1.29, 1.82) is 0 Å². The van der Waals surface area contributed by atoms with Gasteiger partial charge in [0.1, 0.15) is 6.54 Å². The van der Waals surface area contributed by atoms with Crippen LogP contribution in [0.15, 0.2) is 0 Å². The van der Waals surface area contributed by atoms with Gasteiger partial charge >= 0.3 is 0 Å². The summed E-state index contributed by atoms with van der Waals surface area (Å²) in [7, 11) is 0. The average molecular weight is 221 g/mol. The Kier molecular flexibility index (Phi) is 2.77. The normalized spacial score (nSPS) is 14.9. The Hall–Kier alpha value is -1.65. The molecule has 1 saturated carbocycles. The summed E-state index contributed by atoms with van der Waals surface area (Å²) >= 11 is 0. The zero-order chi connectivity index (χ0) is 11.7. The number of hydrogen-bond acceptors (Lipinski definition) is 3. The zero-order valence-electron chi connectivity index (χ0n) is 9.49. The lowest BCUT2D eigenvalue weighted by atomic mass is 10.2. The van der Waals surface area contributed by atoms with Crippen LogP contribution in [0.4, 0.5) is 0 Å². The molecule has 0 atom stereocenters. The van der Waals surface area contributed by atoms with E-state index in [0.717, 1.165) is 24.8 Å². The standard InChI is InChI=1S/C11H15N3O2/c1-7-10(6-15)8(2)14(13-7)5-11(16)12-9-3-4-9/h6,9H,3-5H2,1-2H3,(H,12,16). The van der Waals surface area contributed by atoms with Crippen LogP contribution in [0.2, 0.25) is 0 Å². The molecule has 1 amide bonds. The van der Waals surface area contributed by atoms with E-state index in [1.54, 1.807) is 18.5 Å².